The van der Waals surface area contributed by atoms with Crippen LogP contribution in [0.4, 0.5) is 17.1 Å². The maximum atomic E-state index is 12.9. The third-order valence-electron chi connectivity index (χ3n) is 4.73. The summed E-state index contributed by atoms with van der Waals surface area (Å²) in [5.41, 5.74) is 1.25. The summed E-state index contributed by atoms with van der Waals surface area (Å²) in [6.07, 6.45) is 0. The molecule has 1 aliphatic heterocycles. The van der Waals surface area contributed by atoms with Crippen LogP contribution in [-0.2, 0) is 9.59 Å². The van der Waals surface area contributed by atoms with Gasteiger partial charge in [-0.05, 0) is 60.7 Å². The van der Waals surface area contributed by atoms with Gasteiger partial charge in [-0.25, -0.2) is 4.90 Å². The lowest BCUT2D eigenvalue weighted by atomic mass is 10.2. The molecule has 0 fully saturated rings. The number of benzene rings is 3. The molecule has 6 nitrogen and oxygen atoms in total. The van der Waals surface area contributed by atoms with E-state index in [1.54, 1.807) is 24.3 Å². The Labute approximate surface area is 219 Å². The van der Waals surface area contributed by atoms with Gasteiger partial charge in [-0.1, -0.05) is 58.0 Å². The summed E-state index contributed by atoms with van der Waals surface area (Å²) < 4.78 is 0. The van der Waals surface area contributed by atoms with E-state index in [0.29, 0.717) is 27.0 Å². The fourth-order valence-electron chi connectivity index (χ4n) is 3.15. The number of halogens is 5. The number of hydrogen-bond acceptors (Lipinski definition) is 4. The Bertz CT molecular complexity index is 1350. The van der Waals surface area contributed by atoms with E-state index in [9.17, 15) is 14.4 Å². The standard InChI is InChI=1S/C23H12Cl5N3O3/c24-12-3-6-18(17(27)10-12)30-21(32)11-1-4-15(5-2-11)29-20-19(28)22(33)31(23(20)34)16-8-13(25)7-14(26)9-16/h1-10,29H,(H,30,32). The Morgan fingerprint density at radius 2 is 1.38 bits per heavy atom. The van der Waals surface area contributed by atoms with Crippen LogP contribution in [-0.4, -0.2) is 17.7 Å². The molecule has 3 amide bonds. The number of carbonyl (C=O) groups is 3. The number of anilines is 3. The Hall–Kier alpha value is -2.74. The highest BCUT2D eigenvalue weighted by atomic mass is 35.5. The molecule has 34 heavy (non-hydrogen) atoms. The van der Waals surface area contributed by atoms with Gasteiger partial charge in [-0.3, -0.25) is 14.4 Å². The summed E-state index contributed by atoms with van der Waals surface area (Å²) in [5.74, 6) is -1.79. The largest absolute Gasteiger partial charge is 0.350 e. The van der Waals surface area contributed by atoms with E-state index < -0.39 is 17.7 Å². The number of nitrogens with zero attached hydrogens (tertiary/aromatic N) is 1. The van der Waals surface area contributed by atoms with Crippen LogP contribution >= 0.6 is 58.0 Å². The molecule has 0 spiro atoms. The van der Waals surface area contributed by atoms with Gasteiger partial charge < -0.3 is 10.6 Å². The van der Waals surface area contributed by atoms with E-state index in [1.165, 1.54) is 36.4 Å². The molecule has 0 saturated carbocycles. The quantitative estimate of drug-likeness (QED) is 0.333. The van der Waals surface area contributed by atoms with Crippen LogP contribution in [0.15, 0.2) is 71.4 Å². The molecule has 0 unspecified atom stereocenters. The maximum absolute atomic E-state index is 12.9. The lowest BCUT2D eigenvalue weighted by molar-refractivity contribution is -0.120. The Morgan fingerprint density at radius 3 is 2.00 bits per heavy atom. The molecule has 0 aliphatic carbocycles. The van der Waals surface area contributed by atoms with E-state index in [0.717, 1.165) is 4.90 Å². The van der Waals surface area contributed by atoms with E-state index in [4.69, 9.17) is 58.0 Å². The first-order chi connectivity index (χ1) is 16.1. The van der Waals surface area contributed by atoms with Crippen molar-refractivity contribution in [3.63, 3.8) is 0 Å². The average Bonchev–Trinajstić information content (AvgIpc) is 2.98. The molecular weight excluding hydrogens is 544 g/mol. The highest BCUT2D eigenvalue weighted by Crippen LogP contribution is 2.33. The zero-order valence-electron chi connectivity index (χ0n) is 16.8. The minimum Gasteiger partial charge on any atom is -0.350 e. The van der Waals surface area contributed by atoms with Gasteiger partial charge in [-0.2, -0.15) is 0 Å². The van der Waals surface area contributed by atoms with Crippen molar-refractivity contribution in [1.29, 1.82) is 0 Å². The van der Waals surface area contributed by atoms with Crippen LogP contribution in [0.5, 0.6) is 0 Å². The Balaban J connectivity index is 1.50. The van der Waals surface area contributed by atoms with Gasteiger partial charge in [0.25, 0.3) is 17.7 Å². The van der Waals surface area contributed by atoms with Crippen LogP contribution < -0.4 is 15.5 Å². The number of carbonyl (C=O) groups excluding carboxylic acids is 3. The number of imide groups is 1. The van der Waals surface area contributed by atoms with Crippen LogP contribution in [0.2, 0.25) is 20.1 Å². The molecule has 0 radical (unpaired) electrons. The third kappa shape index (κ3) is 5.02. The second-order valence-corrected chi connectivity index (χ2v) is 9.14. The summed E-state index contributed by atoms with van der Waals surface area (Å²) in [6, 6.07) is 15.2. The minimum atomic E-state index is -0.719. The van der Waals surface area contributed by atoms with E-state index in [2.05, 4.69) is 10.6 Å². The van der Waals surface area contributed by atoms with Crippen molar-refractivity contribution in [2.24, 2.45) is 0 Å². The van der Waals surface area contributed by atoms with Gasteiger partial charge in [0.15, 0.2) is 0 Å². The molecular formula is C23H12Cl5N3O3. The molecule has 2 N–H and O–H groups in total. The number of rotatable bonds is 5. The van der Waals surface area contributed by atoms with Crippen molar-refractivity contribution in [1.82, 2.24) is 0 Å². The van der Waals surface area contributed by atoms with Crippen LogP contribution in [0.3, 0.4) is 0 Å². The molecule has 1 aliphatic rings. The lowest BCUT2D eigenvalue weighted by Gasteiger charge is -2.16. The highest BCUT2D eigenvalue weighted by molar-refractivity contribution is 6.53. The minimum absolute atomic E-state index is 0.118. The normalized spacial score (nSPS) is 13.5. The molecule has 0 bridgehead atoms. The fourth-order valence-corrected chi connectivity index (χ4v) is 4.33. The van der Waals surface area contributed by atoms with Crippen molar-refractivity contribution in [2.45, 2.75) is 0 Å². The summed E-state index contributed by atoms with van der Waals surface area (Å²) in [4.78, 5) is 38.9. The number of hydrogen-bond donors (Lipinski definition) is 2. The van der Waals surface area contributed by atoms with E-state index in [1.807, 2.05) is 0 Å². The average molecular weight is 556 g/mol. The van der Waals surface area contributed by atoms with E-state index >= 15 is 0 Å². The SMILES string of the molecule is O=C(Nc1ccc(Cl)cc1Cl)c1ccc(NC2=C(Cl)C(=O)N(c3cc(Cl)cc(Cl)c3)C2=O)cc1. The predicted molar refractivity (Wildman–Crippen MR) is 136 cm³/mol. The molecule has 3 aromatic carbocycles. The lowest BCUT2D eigenvalue weighted by Crippen LogP contribution is -2.32. The van der Waals surface area contributed by atoms with Crippen molar-refractivity contribution in [3.05, 3.63) is 97.0 Å². The first-order valence-electron chi connectivity index (χ1n) is 9.52. The first kappa shape index (κ1) is 24.4. The highest BCUT2D eigenvalue weighted by Gasteiger charge is 2.39. The topological polar surface area (TPSA) is 78.5 Å². The van der Waals surface area contributed by atoms with Crippen LogP contribution in [0, 0.1) is 0 Å². The summed E-state index contributed by atoms with van der Waals surface area (Å²) in [6.45, 7) is 0. The van der Waals surface area contributed by atoms with Crippen molar-refractivity contribution in [2.75, 3.05) is 15.5 Å². The Kier molecular flexibility index (Phi) is 7.07. The third-order valence-corrected chi connectivity index (χ3v) is 6.06. The fraction of sp³-hybridized carbons (Fsp3) is 0. The molecule has 1 heterocycles. The smallest absolute Gasteiger partial charge is 0.283 e. The molecule has 0 aromatic heterocycles. The number of nitrogens with one attached hydrogen (secondary N) is 2. The zero-order chi connectivity index (χ0) is 24.6. The Morgan fingerprint density at radius 1 is 0.735 bits per heavy atom. The summed E-state index contributed by atoms with van der Waals surface area (Å²) in [5, 5.41) is 6.50. The maximum Gasteiger partial charge on any atom is 0.283 e. The van der Waals surface area contributed by atoms with Crippen LogP contribution in [0.1, 0.15) is 10.4 Å². The van der Waals surface area contributed by atoms with Gasteiger partial charge in [0.05, 0.1) is 16.4 Å². The predicted octanol–water partition coefficient (Wildman–Crippen LogP) is 6.99. The monoisotopic (exact) mass is 553 g/mol. The molecule has 11 heteroatoms. The van der Waals surface area contributed by atoms with Crippen molar-refractivity contribution in [3.8, 4) is 0 Å². The van der Waals surface area contributed by atoms with Gasteiger partial charge in [0.1, 0.15) is 10.7 Å². The molecule has 172 valence electrons. The van der Waals surface area contributed by atoms with Gasteiger partial charge in [0, 0.05) is 26.3 Å². The number of amides is 3. The summed E-state index contributed by atoms with van der Waals surface area (Å²) >= 11 is 30.1. The van der Waals surface area contributed by atoms with Crippen molar-refractivity contribution >= 4 is 92.8 Å². The molecule has 4 rings (SSSR count). The van der Waals surface area contributed by atoms with Gasteiger partial charge in [-0.15, -0.1) is 0 Å². The molecule has 3 aromatic rings. The van der Waals surface area contributed by atoms with E-state index in [-0.39, 0.29) is 26.5 Å². The second-order valence-electron chi connectivity index (χ2n) is 7.04. The van der Waals surface area contributed by atoms with Crippen LogP contribution in [0.25, 0.3) is 0 Å². The molecule has 0 saturated heterocycles. The molecule has 0 atom stereocenters. The zero-order valence-corrected chi connectivity index (χ0v) is 20.6. The first-order valence-corrected chi connectivity index (χ1v) is 11.4. The van der Waals surface area contributed by atoms with Crippen molar-refractivity contribution < 1.29 is 14.4 Å². The van der Waals surface area contributed by atoms with Gasteiger partial charge >= 0.3 is 0 Å². The summed E-state index contributed by atoms with van der Waals surface area (Å²) in [7, 11) is 0. The van der Waals surface area contributed by atoms with Gasteiger partial charge in [0.2, 0.25) is 0 Å². The second kappa shape index (κ2) is 9.86.